The molecule has 1 amide bonds. The minimum absolute atomic E-state index is 0.0189. The molecule has 0 bridgehead atoms. The van der Waals surface area contributed by atoms with E-state index in [9.17, 15) is 17.6 Å². The molecule has 0 aliphatic rings. The summed E-state index contributed by atoms with van der Waals surface area (Å²) in [7, 11) is -2.81. The van der Waals surface area contributed by atoms with Gasteiger partial charge in [-0.25, -0.2) is 12.8 Å². The van der Waals surface area contributed by atoms with E-state index < -0.39 is 28.3 Å². The zero-order valence-electron chi connectivity index (χ0n) is 15.5. The van der Waals surface area contributed by atoms with Gasteiger partial charge in [0.05, 0.1) is 13.7 Å². The van der Waals surface area contributed by atoms with Crippen LogP contribution in [0.25, 0.3) is 0 Å². The van der Waals surface area contributed by atoms with Crippen LogP contribution in [0.5, 0.6) is 5.75 Å². The number of anilines is 1. The van der Waals surface area contributed by atoms with Crippen molar-refractivity contribution in [2.24, 2.45) is 0 Å². The average molecular weight is 394 g/mol. The Morgan fingerprint density at radius 2 is 1.81 bits per heavy atom. The predicted octanol–water partition coefficient (Wildman–Crippen LogP) is 3.05. The predicted molar refractivity (Wildman–Crippen MR) is 102 cm³/mol. The van der Waals surface area contributed by atoms with Crippen LogP contribution in [0.2, 0.25) is 0 Å². The zero-order chi connectivity index (χ0) is 20.0. The molecule has 0 atom stereocenters. The van der Waals surface area contributed by atoms with Crippen LogP contribution >= 0.6 is 0 Å². The van der Waals surface area contributed by atoms with Crippen LogP contribution in [0.4, 0.5) is 10.1 Å². The minimum Gasteiger partial charge on any atom is -0.495 e. The summed E-state index contributed by atoms with van der Waals surface area (Å²) < 4.78 is 45.3. The lowest BCUT2D eigenvalue weighted by molar-refractivity contribution is -0.116. The number of nitrogens with one attached hydrogen (secondary N) is 1. The molecular formula is C19H23FN2O4S. The summed E-state index contributed by atoms with van der Waals surface area (Å²) >= 11 is 0. The molecule has 0 aliphatic heterocycles. The van der Waals surface area contributed by atoms with Gasteiger partial charge in [0.25, 0.3) is 0 Å². The number of hydrogen-bond acceptors (Lipinski definition) is 4. The number of methoxy groups -OCH3 is 1. The van der Waals surface area contributed by atoms with Crippen molar-refractivity contribution in [1.29, 1.82) is 0 Å². The highest BCUT2D eigenvalue weighted by Gasteiger charge is 2.29. The van der Waals surface area contributed by atoms with Crippen molar-refractivity contribution in [3.8, 4) is 5.75 Å². The summed E-state index contributed by atoms with van der Waals surface area (Å²) in [5.41, 5.74) is 1.71. The van der Waals surface area contributed by atoms with Gasteiger partial charge in [0.1, 0.15) is 16.5 Å². The van der Waals surface area contributed by atoms with Gasteiger partial charge in [-0.05, 0) is 42.3 Å². The lowest BCUT2D eigenvalue weighted by atomic mass is 10.1. The first-order valence-electron chi connectivity index (χ1n) is 8.54. The highest BCUT2D eigenvalue weighted by atomic mass is 32.2. The van der Waals surface area contributed by atoms with Gasteiger partial charge in [-0.2, -0.15) is 4.31 Å². The highest BCUT2D eigenvalue weighted by molar-refractivity contribution is 7.89. The van der Waals surface area contributed by atoms with Crippen LogP contribution in [0.3, 0.4) is 0 Å². The molecule has 8 heteroatoms. The molecule has 0 aromatic heterocycles. The smallest absolute Gasteiger partial charge is 0.247 e. The molecule has 27 heavy (non-hydrogen) atoms. The van der Waals surface area contributed by atoms with E-state index in [-0.39, 0.29) is 17.2 Å². The number of ether oxygens (including phenoxy) is 1. The number of carbonyl (C=O) groups is 1. The van der Waals surface area contributed by atoms with E-state index in [1.807, 2.05) is 19.1 Å². The molecule has 0 heterocycles. The lowest BCUT2D eigenvalue weighted by Gasteiger charge is -2.21. The fourth-order valence-electron chi connectivity index (χ4n) is 2.54. The Morgan fingerprint density at radius 1 is 1.15 bits per heavy atom. The third kappa shape index (κ3) is 5.05. The number of benzene rings is 2. The number of carbonyl (C=O) groups excluding carboxylic acids is 1. The molecule has 0 saturated carbocycles. The van der Waals surface area contributed by atoms with Gasteiger partial charge >= 0.3 is 0 Å². The van der Waals surface area contributed by atoms with E-state index in [2.05, 4.69) is 5.32 Å². The molecule has 146 valence electrons. The van der Waals surface area contributed by atoms with E-state index in [0.717, 1.165) is 28.4 Å². The van der Waals surface area contributed by atoms with Crippen LogP contribution in [0, 0.1) is 5.82 Å². The van der Waals surface area contributed by atoms with Crippen LogP contribution in [-0.2, 0) is 21.2 Å². The van der Waals surface area contributed by atoms with Gasteiger partial charge in [0, 0.05) is 12.2 Å². The second-order valence-electron chi connectivity index (χ2n) is 5.83. The minimum atomic E-state index is -4.11. The molecular weight excluding hydrogens is 371 g/mol. The number of sulfonamides is 1. The number of halogens is 1. The SMILES string of the molecule is CCc1ccc(NC(=O)CN(CC)S(=O)(=O)c2cc(F)ccc2OC)cc1. The maximum Gasteiger partial charge on any atom is 0.247 e. The van der Waals surface area contributed by atoms with E-state index in [1.165, 1.54) is 13.2 Å². The summed E-state index contributed by atoms with van der Waals surface area (Å²) in [4.78, 5) is 12.0. The van der Waals surface area contributed by atoms with E-state index >= 15 is 0 Å². The number of nitrogens with zero attached hydrogens (tertiary/aromatic N) is 1. The van der Waals surface area contributed by atoms with Gasteiger partial charge in [0.15, 0.2) is 0 Å². The summed E-state index contributed by atoms with van der Waals surface area (Å²) in [5, 5.41) is 2.67. The van der Waals surface area contributed by atoms with Crippen LogP contribution in [0.15, 0.2) is 47.4 Å². The van der Waals surface area contributed by atoms with Crippen molar-refractivity contribution in [2.45, 2.75) is 25.2 Å². The Morgan fingerprint density at radius 3 is 2.37 bits per heavy atom. The van der Waals surface area contributed by atoms with Crippen molar-refractivity contribution in [3.05, 3.63) is 53.8 Å². The maximum absolute atomic E-state index is 13.6. The van der Waals surface area contributed by atoms with Crippen molar-refractivity contribution in [1.82, 2.24) is 4.31 Å². The van der Waals surface area contributed by atoms with E-state index in [0.29, 0.717) is 5.69 Å². The van der Waals surface area contributed by atoms with Gasteiger partial charge in [-0.15, -0.1) is 0 Å². The molecule has 0 unspecified atom stereocenters. The second-order valence-corrected chi connectivity index (χ2v) is 7.73. The molecule has 0 radical (unpaired) electrons. The van der Waals surface area contributed by atoms with Crippen LogP contribution in [-0.4, -0.2) is 38.8 Å². The largest absolute Gasteiger partial charge is 0.495 e. The number of likely N-dealkylation sites (N-methyl/N-ethyl adjacent to an activating group) is 1. The number of aryl methyl sites for hydroxylation is 1. The Labute approximate surface area is 159 Å². The van der Waals surface area contributed by atoms with Gasteiger partial charge in [-0.3, -0.25) is 4.79 Å². The Balaban J connectivity index is 2.19. The fraction of sp³-hybridized carbons (Fsp3) is 0.316. The third-order valence-corrected chi connectivity index (χ3v) is 6.00. The van der Waals surface area contributed by atoms with Crippen molar-refractivity contribution in [3.63, 3.8) is 0 Å². The molecule has 2 aromatic rings. The average Bonchev–Trinajstić information content (AvgIpc) is 2.66. The van der Waals surface area contributed by atoms with Crippen LogP contribution in [0.1, 0.15) is 19.4 Å². The fourth-order valence-corrected chi connectivity index (χ4v) is 4.11. The van der Waals surface area contributed by atoms with Crippen molar-refractivity contribution < 1.29 is 22.3 Å². The van der Waals surface area contributed by atoms with E-state index in [1.54, 1.807) is 19.1 Å². The molecule has 6 nitrogen and oxygen atoms in total. The topological polar surface area (TPSA) is 75.7 Å². The zero-order valence-corrected chi connectivity index (χ0v) is 16.3. The van der Waals surface area contributed by atoms with Gasteiger partial charge in [-0.1, -0.05) is 26.0 Å². The second kappa shape index (κ2) is 8.96. The quantitative estimate of drug-likeness (QED) is 0.747. The molecule has 0 aliphatic carbocycles. The number of hydrogen-bond donors (Lipinski definition) is 1. The summed E-state index contributed by atoms with van der Waals surface area (Å²) in [6, 6.07) is 10.5. The standard InChI is InChI=1S/C19H23FN2O4S/c1-4-14-6-9-16(10-7-14)21-19(23)13-22(5-2)27(24,25)18-12-15(20)8-11-17(18)26-3/h6-12H,4-5,13H2,1-3H3,(H,21,23). The number of rotatable bonds is 8. The maximum atomic E-state index is 13.6. The Hall–Kier alpha value is -2.45. The Kier molecular flexibility index (Phi) is 6.92. The first kappa shape index (κ1) is 20.9. The first-order chi connectivity index (χ1) is 12.8. The first-order valence-corrected chi connectivity index (χ1v) is 9.98. The summed E-state index contributed by atoms with van der Waals surface area (Å²) in [6.07, 6.45) is 0.881. The van der Waals surface area contributed by atoms with Crippen molar-refractivity contribution >= 4 is 21.6 Å². The van der Waals surface area contributed by atoms with Gasteiger partial charge in [0.2, 0.25) is 15.9 Å². The molecule has 0 saturated heterocycles. The molecule has 0 spiro atoms. The summed E-state index contributed by atoms with van der Waals surface area (Å²) in [6.45, 7) is 3.28. The molecule has 2 rings (SSSR count). The monoisotopic (exact) mass is 394 g/mol. The lowest BCUT2D eigenvalue weighted by Crippen LogP contribution is -2.38. The summed E-state index contributed by atoms with van der Waals surface area (Å²) in [5.74, 6) is -1.17. The third-order valence-electron chi connectivity index (χ3n) is 4.06. The number of amides is 1. The molecule has 2 aromatic carbocycles. The van der Waals surface area contributed by atoms with Crippen molar-refractivity contribution in [2.75, 3.05) is 25.5 Å². The Bertz CT molecular complexity index is 898. The normalized spacial score (nSPS) is 11.4. The highest BCUT2D eigenvalue weighted by Crippen LogP contribution is 2.27. The molecule has 0 fully saturated rings. The van der Waals surface area contributed by atoms with Gasteiger partial charge < -0.3 is 10.1 Å². The van der Waals surface area contributed by atoms with E-state index in [4.69, 9.17) is 4.74 Å². The molecule has 1 N–H and O–H groups in total. The van der Waals surface area contributed by atoms with Crippen LogP contribution < -0.4 is 10.1 Å².